The van der Waals surface area contributed by atoms with Gasteiger partial charge in [0.2, 0.25) is 0 Å². The van der Waals surface area contributed by atoms with E-state index in [0.717, 1.165) is 6.42 Å². The van der Waals surface area contributed by atoms with E-state index in [1.165, 1.54) is 12.1 Å². The second-order valence-electron chi connectivity index (χ2n) is 4.87. The summed E-state index contributed by atoms with van der Waals surface area (Å²) in [5.74, 6) is -1.21. The number of nitrogens with zero attached hydrogens (tertiary/aromatic N) is 2. The molecule has 0 aliphatic heterocycles. The standard InChI is InChI=1S/C14H17N3O4S/c1-3-10(2)15-13(18)14-16-12(17-21-14)9-22(19,20)11-7-5-4-6-8-11/h4-8,10H,3,9H2,1-2H3,(H,15,18). The molecule has 1 N–H and O–H groups in total. The predicted molar refractivity (Wildman–Crippen MR) is 78.8 cm³/mol. The van der Waals surface area contributed by atoms with Gasteiger partial charge in [-0.05, 0) is 25.5 Å². The van der Waals surface area contributed by atoms with Crippen LogP contribution in [-0.4, -0.2) is 30.5 Å². The fourth-order valence-electron chi connectivity index (χ4n) is 1.67. The van der Waals surface area contributed by atoms with Crippen LogP contribution in [0.15, 0.2) is 39.8 Å². The molecule has 0 fully saturated rings. The number of rotatable bonds is 6. The van der Waals surface area contributed by atoms with Gasteiger partial charge in [0.25, 0.3) is 0 Å². The number of amides is 1. The molecule has 7 nitrogen and oxygen atoms in total. The highest BCUT2D eigenvalue weighted by molar-refractivity contribution is 7.90. The third kappa shape index (κ3) is 3.91. The van der Waals surface area contributed by atoms with E-state index in [9.17, 15) is 13.2 Å². The van der Waals surface area contributed by atoms with Crippen molar-refractivity contribution in [3.8, 4) is 0 Å². The molecule has 0 radical (unpaired) electrons. The Bertz CT molecular complexity index is 740. The van der Waals surface area contributed by atoms with Crippen molar-refractivity contribution < 1.29 is 17.7 Å². The van der Waals surface area contributed by atoms with Gasteiger partial charge < -0.3 is 9.84 Å². The minimum Gasteiger partial charge on any atom is -0.345 e. The number of aromatic nitrogens is 2. The Kier molecular flexibility index (Phi) is 4.92. The lowest BCUT2D eigenvalue weighted by molar-refractivity contribution is 0.0895. The lowest BCUT2D eigenvalue weighted by Crippen LogP contribution is -2.32. The topological polar surface area (TPSA) is 102 Å². The van der Waals surface area contributed by atoms with Gasteiger partial charge in [0.05, 0.1) is 4.90 Å². The molecule has 0 aliphatic rings. The van der Waals surface area contributed by atoms with Gasteiger partial charge in [-0.25, -0.2) is 8.42 Å². The molecule has 118 valence electrons. The van der Waals surface area contributed by atoms with Crippen molar-refractivity contribution >= 4 is 15.7 Å². The van der Waals surface area contributed by atoms with Crippen LogP contribution in [0.3, 0.4) is 0 Å². The molecular weight excluding hydrogens is 306 g/mol. The average molecular weight is 323 g/mol. The van der Waals surface area contributed by atoms with Crippen molar-refractivity contribution in [3.63, 3.8) is 0 Å². The number of hydrogen-bond acceptors (Lipinski definition) is 6. The van der Waals surface area contributed by atoms with Crippen molar-refractivity contribution in [2.24, 2.45) is 0 Å². The first-order chi connectivity index (χ1) is 10.4. The summed E-state index contributed by atoms with van der Waals surface area (Å²) in [7, 11) is -3.57. The van der Waals surface area contributed by atoms with E-state index >= 15 is 0 Å². The maximum absolute atomic E-state index is 12.2. The molecule has 8 heteroatoms. The average Bonchev–Trinajstić information content (AvgIpc) is 2.96. The minimum absolute atomic E-state index is 0.0316. The smallest absolute Gasteiger partial charge is 0.315 e. The quantitative estimate of drug-likeness (QED) is 0.865. The van der Waals surface area contributed by atoms with Gasteiger partial charge >= 0.3 is 11.8 Å². The van der Waals surface area contributed by atoms with Gasteiger partial charge in [0, 0.05) is 6.04 Å². The number of hydrogen-bond donors (Lipinski definition) is 1. The third-order valence-corrected chi connectivity index (χ3v) is 4.70. The third-order valence-electron chi connectivity index (χ3n) is 3.07. The van der Waals surface area contributed by atoms with E-state index in [-0.39, 0.29) is 22.7 Å². The minimum atomic E-state index is -3.57. The highest BCUT2D eigenvalue weighted by Gasteiger charge is 2.22. The zero-order valence-electron chi connectivity index (χ0n) is 12.3. The Morgan fingerprint density at radius 3 is 2.64 bits per heavy atom. The van der Waals surface area contributed by atoms with Gasteiger partial charge in [-0.2, -0.15) is 4.98 Å². The predicted octanol–water partition coefficient (Wildman–Crippen LogP) is 1.57. The number of nitrogens with one attached hydrogen (secondary N) is 1. The Morgan fingerprint density at radius 2 is 2.00 bits per heavy atom. The first-order valence-electron chi connectivity index (χ1n) is 6.83. The van der Waals surface area contributed by atoms with Crippen LogP contribution in [0.4, 0.5) is 0 Å². The summed E-state index contributed by atoms with van der Waals surface area (Å²) in [5, 5.41) is 6.22. The fourth-order valence-corrected chi connectivity index (χ4v) is 2.87. The van der Waals surface area contributed by atoms with Crippen LogP contribution in [-0.2, 0) is 15.6 Å². The molecule has 1 heterocycles. The molecule has 0 saturated heterocycles. The van der Waals surface area contributed by atoms with Crippen molar-refractivity contribution in [3.05, 3.63) is 42.0 Å². The Hall–Kier alpha value is -2.22. The van der Waals surface area contributed by atoms with E-state index in [1.807, 2.05) is 13.8 Å². The number of carbonyl (C=O) groups is 1. The number of benzene rings is 1. The number of sulfone groups is 1. The largest absolute Gasteiger partial charge is 0.345 e. The van der Waals surface area contributed by atoms with E-state index in [2.05, 4.69) is 15.5 Å². The molecule has 1 amide bonds. The molecule has 0 spiro atoms. The lowest BCUT2D eigenvalue weighted by Gasteiger charge is -2.07. The molecule has 22 heavy (non-hydrogen) atoms. The van der Waals surface area contributed by atoms with E-state index in [1.54, 1.807) is 18.2 Å². The van der Waals surface area contributed by atoms with E-state index in [0.29, 0.717) is 0 Å². The maximum atomic E-state index is 12.2. The van der Waals surface area contributed by atoms with Crippen LogP contribution in [0.5, 0.6) is 0 Å². The van der Waals surface area contributed by atoms with Crippen molar-refractivity contribution in [1.82, 2.24) is 15.5 Å². The van der Waals surface area contributed by atoms with E-state index in [4.69, 9.17) is 4.52 Å². The van der Waals surface area contributed by atoms with Crippen LogP contribution in [0.25, 0.3) is 0 Å². The van der Waals surface area contributed by atoms with Crippen LogP contribution in [0.1, 0.15) is 36.8 Å². The number of carbonyl (C=O) groups excluding carboxylic acids is 1. The lowest BCUT2D eigenvalue weighted by atomic mass is 10.2. The van der Waals surface area contributed by atoms with Crippen LogP contribution < -0.4 is 5.32 Å². The van der Waals surface area contributed by atoms with Crippen molar-refractivity contribution in [2.75, 3.05) is 0 Å². The summed E-state index contributed by atoms with van der Waals surface area (Å²) in [5.41, 5.74) is 0. The SMILES string of the molecule is CCC(C)NC(=O)c1nc(CS(=O)(=O)c2ccccc2)no1. The Labute approximate surface area is 128 Å². The maximum Gasteiger partial charge on any atom is 0.315 e. The molecule has 2 aromatic rings. The summed E-state index contributed by atoms with van der Waals surface area (Å²) in [6.07, 6.45) is 0.759. The summed E-state index contributed by atoms with van der Waals surface area (Å²) in [6, 6.07) is 7.95. The normalized spacial score (nSPS) is 12.8. The van der Waals surface area contributed by atoms with Gasteiger partial charge in [0.1, 0.15) is 5.75 Å². The second kappa shape index (κ2) is 6.69. The monoisotopic (exact) mass is 323 g/mol. The Morgan fingerprint density at radius 1 is 1.32 bits per heavy atom. The highest BCUT2D eigenvalue weighted by Crippen LogP contribution is 2.14. The molecule has 2 rings (SSSR count). The summed E-state index contributed by atoms with van der Waals surface area (Å²) in [6.45, 7) is 3.77. The van der Waals surface area contributed by atoms with Crippen molar-refractivity contribution in [2.45, 2.75) is 37.0 Å². The van der Waals surface area contributed by atoms with Crippen LogP contribution >= 0.6 is 0 Å². The van der Waals surface area contributed by atoms with Crippen LogP contribution in [0, 0.1) is 0 Å². The summed E-state index contributed by atoms with van der Waals surface area (Å²) >= 11 is 0. The van der Waals surface area contributed by atoms with Gasteiger partial charge in [-0.15, -0.1) is 0 Å². The molecule has 1 aromatic heterocycles. The Balaban J connectivity index is 2.11. The fraction of sp³-hybridized carbons (Fsp3) is 0.357. The molecule has 1 atom stereocenters. The van der Waals surface area contributed by atoms with Crippen molar-refractivity contribution in [1.29, 1.82) is 0 Å². The molecule has 1 aromatic carbocycles. The first kappa shape index (κ1) is 16.2. The van der Waals surface area contributed by atoms with Gasteiger partial charge in [0.15, 0.2) is 15.7 Å². The second-order valence-corrected chi connectivity index (χ2v) is 6.86. The molecule has 0 bridgehead atoms. The first-order valence-corrected chi connectivity index (χ1v) is 8.49. The molecule has 0 aliphatic carbocycles. The summed E-state index contributed by atoms with van der Waals surface area (Å²) < 4.78 is 29.2. The molecular formula is C14H17N3O4S. The summed E-state index contributed by atoms with van der Waals surface area (Å²) in [4.78, 5) is 15.8. The van der Waals surface area contributed by atoms with Gasteiger partial charge in [-0.1, -0.05) is 30.3 Å². The van der Waals surface area contributed by atoms with E-state index < -0.39 is 21.5 Å². The highest BCUT2D eigenvalue weighted by atomic mass is 32.2. The molecule has 0 saturated carbocycles. The van der Waals surface area contributed by atoms with Crippen LogP contribution in [0.2, 0.25) is 0 Å². The van der Waals surface area contributed by atoms with Gasteiger partial charge in [-0.3, -0.25) is 4.79 Å². The zero-order chi connectivity index (χ0) is 16.2. The zero-order valence-corrected chi connectivity index (χ0v) is 13.1. The molecule has 1 unspecified atom stereocenters.